The van der Waals surface area contributed by atoms with Gasteiger partial charge in [0.25, 0.3) is 0 Å². The van der Waals surface area contributed by atoms with Gasteiger partial charge in [0.2, 0.25) is 0 Å². The number of aromatic nitrogens is 4. The second-order valence-corrected chi connectivity index (χ2v) is 5.84. The molecule has 0 atom stereocenters. The van der Waals surface area contributed by atoms with Crippen LogP contribution in [0.5, 0.6) is 0 Å². The highest BCUT2D eigenvalue weighted by atomic mass is 35.5. The summed E-state index contributed by atoms with van der Waals surface area (Å²) in [6, 6.07) is 2.23. The molecule has 0 aliphatic heterocycles. The predicted octanol–water partition coefficient (Wildman–Crippen LogP) is 2.99. The Kier molecular flexibility index (Phi) is 2.19. The fraction of sp³-hybridized carbons (Fsp3) is 0.250. The number of hydrogen-bond donors (Lipinski definition) is 0. The van der Waals surface area contributed by atoms with Crippen LogP contribution in [0.25, 0.3) is 16.3 Å². The zero-order valence-electron chi connectivity index (χ0n) is 9.43. The molecule has 0 N–H and O–H groups in total. The normalized spacial score (nSPS) is 14.3. The molecule has 6 heteroatoms. The highest BCUT2D eigenvalue weighted by Gasteiger charge is 2.19. The van der Waals surface area contributed by atoms with E-state index in [2.05, 4.69) is 21.2 Å². The highest BCUT2D eigenvalue weighted by Crippen LogP contribution is 2.36. The van der Waals surface area contributed by atoms with E-state index in [1.807, 2.05) is 21.9 Å². The molecule has 3 aromatic heterocycles. The molecule has 90 valence electrons. The third-order valence-corrected chi connectivity index (χ3v) is 4.75. The van der Waals surface area contributed by atoms with E-state index in [0.29, 0.717) is 10.8 Å². The molecule has 0 saturated carbocycles. The molecule has 18 heavy (non-hydrogen) atoms. The van der Waals surface area contributed by atoms with Crippen LogP contribution >= 0.6 is 22.9 Å². The SMILES string of the molecule is Clc1nccn2c(-c3cc4c(s3)CCC4)nnc12. The molecular formula is C12H9ClN4S. The molecule has 0 amide bonds. The summed E-state index contributed by atoms with van der Waals surface area (Å²) < 4.78 is 1.90. The monoisotopic (exact) mass is 276 g/mol. The number of thiophene rings is 1. The lowest BCUT2D eigenvalue weighted by molar-refractivity contribution is 0.914. The van der Waals surface area contributed by atoms with E-state index in [0.717, 1.165) is 10.7 Å². The Balaban J connectivity index is 1.94. The summed E-state index contributed by atoms with van der Waals surface area (Å²) in [5, 5.41) is 8.73. The Bertz CT molecular complexity index is 724. The molecule has 3 heterocycles. The minimum absolute atomic E-state index is 0.389. The number of fused-ring (bicyclic) bond motifs is 2. The zero-order chi connectivity index (χ0) is 12.1. The minimum Gasteiger partial charge on any atom is -0.278 e. The van der Waals surface area contributed by atoms with Crippen LogP contribution in [0.1, 0.15) is 16.9 Å². The topological polar surface area (TPSA) is 43.1 Å². The van der Waals surface area contributed by atoms with E-state index in [1.165, 1.54) is 29.7 Å². The maximum atomic E-state index is 6.00. The van der Waals surface area contributed by atoms with Gasteiger partial charge in [-0.2, -0.15) is 0 Å². The Labute approximate surface area is 112 Å². The Hall–Kier alpha value is -1.46. The largest absolute Gasteiger partial charge is 0.278 e. The van der Waals surface area contributed by atoms with E-state index in [4.69, 9.17) is 11.6 Å². The second-order valence-electron chi connectivity index (χ2n) is 4.35. The van der Waals surface area contributed by atoms with Crippen molar-refractivity contribution in [2.75, 3.05) is 0 Å². The summed E-state index contributed by atoms with van der Waals surface area (Å²) in [6.07, 6.45) is 7.17. The van der Waals surface area contributed by atoms with Gasteiger partial charge in [-0.3, -0.25) is 4.40 Å². The molecule has 0 bridgehead atoms. The van der Waals surface area contributed by atoms with E-state index in [1.54, 1.807) is 6.20 Å². The van der Waals surface area contributed by atoms with Crippen LogP contribution in [0, 0.1) is 0 Å². The molecular weight excluding hydrogens is 268 g/mol. The van der Waals surface area contributed by atoms with Crippen LogP contribution in [0.4, 0.5) is 0 Å². The maximum absolute atomic E-state index is 6.00. The third kappa shape index (κ3) is 1.41. The van der Waals surface area contributed by atoms with Gasteiger partial charge in [-0.1, -0.05) is 11.6 Å². The molecule has 0 aromatic carbocycles. The van der Waals surface area contributed by atoms with Gasteiger partial charge >= 0.3 is 0 Å². The van der Waals surface area contributed by atoms with Gasteiger partial charge in [0, 0.05) is 17.3 Å². The van der Waals surface area contributed by atoms with Crippen LogP contribution in [0.3, 0.4) is 0 Å². The first-order valence-electron chi connectivity index (χ1n) is 5.80. The molecule has 3 aromatic rings. The van der Waals surface area contributed by atoms with Crippen LogP contribution in [0.2, 0.25) is 5.15 Å². The first-order valence-corrected chi connectivity index (χ1v) is 6.99. The van der Waals surface area contributed by atoms with Crippen LogP contribution in [-0.4, -0.2) is 19.6 Å². The molecule has 4 nitrogen and oxygen atoms in total. The average Bonchev–Trinajstić information content (AvgIpc) is 3.00. The van der Waals surface area contributed by atoms with Crippen molar-refractivity contribution in [3.63, 3.8) is 0 Å². The molecule has 0 spiro atoms. The van der Waals surface area contributed by atoms with Gasteiger partial charge in [0.05, 0.1) is 4.88 Å². The van der Waals surface area contributed by atoms with Crippen molar-refractivity contribution < 1.29 is 0 Å². The van der Waals surface area contributed by atoms with Crippen molar-refractivity contribution in [1.29, 1.82) is 0 Å². The van der Waals surface area contributed by atoms with Gasteiger partial charge in [0.1, 0.15) is 0 Å². The lowest BCUT2D eigenvalue weighted by Crippen LogP contribution is -1.89. The lowest BCUT2D eigenvalue weighted by Gasteiger charge is -1.97. The van der Waals surface area contributed by atoms with Crippen LogP contribution in [-0.2, 0) is 12.8 Å². The molecule has 4 rings (SSSR count). The second kappa shape index (κ2) is 3.76. The van der Waals surface area contributed by atoms with Crippen LogP contribution in [0.15, 0.2) is 18.5 Å². The fourth-order valence-corrected chi connectivity index (χ4v) is 3.82. The molecule has 0 saturated heterocycles. The van der Waals surface area contributed by atoms with Gasteiger partial charge < -0.3 is 0 Å². The molecule has 1 aliphatic rings. The summed E-state index contributed by atoms with van der Waals surface area (Å²) in [5.74, 6) is 0.855. The predicted molar refractivity (Wildman–Crippen MR) is 71.1 cm³/mol. The summed E-state index contributed by atoms with van der Waals surface area (Å²) >= 11 is 7.82. The highest BCUT2D eigenvalue weighted by molar-refractivity contribution is 7.15. The number of rotatable bonds is 1. The number of aryl methyl sites for hydroxylation is 2. The van der Waals surface area contributed by atoms with E-state index >= 15 is 0 Å². The van der Waals surface area contributed by atoms with Gasteiger partial charge in [-0.15, -0.1) is 21.5 Å². The Morgan fingerprint density at radius 1 is 1.28 bits per heavy atom. The number of halogens is 1. The van der Waals surface area contributed by atoms with Crippen molar-refractivity contribution in [2.24, 2.45) is 0 Å². The standard InChI is InChI=1S/C12H9ClN4S/c13-10-12-16-15-11(17(12)5-4-14-10)9-6-7-2-1-3-8(7)18-9/h4-6H,1-3H2. The van der Waals surface area contributed by atoms with Crippen LogP contribution < -0.4 is 0 Å². The smallest absolute Gasteiger partial charge is 0.198 e. The Morgan fingerprint density at radius 2 is 2.22 bits per heavy atom. The summed E-state index contributed by atoms with van der Waals surface area (Å²) in [5.41, 5.74) is 2.08. The van der Waals surface area contributed by atoms with Gasteiger partial charge in [-0.05, 0) is 30.9 Å². The van der Waals surface area contributed by atoms with Crippen molar-refractivity contribution in [2.45, 2.75) is 19.3 Å². The fourth-order valence-electron chi connectivity index (χ4n) is 2.40. The first kappa shape index (κ1) is 10.5. The quantitative estimate of drug-likeness (QED) is 0.686. The summed E-state index contributed by atoms with van der Waals surface area (Å²) in [7, 11) is 0. The molecule has 0 fully saturated rings. The molecule has 0 radical (unpaired) electrons. The lowest BCUT2D eigenvalue weighted by atomic mass is 10.2. The molecule has 0 unspecified atom stereocenters. The Morgan fingerprint density at radius 3 is 3.11 bits per heavy atom. The van der Waals surface area contributed by atoms with Crippen molar-refractivity contribution >= 4 is 28.6 Å². The first-order chi connectivity index (χ1) is 8.83. The van der Waals surface area contributed by atoms with Crippen molar-refractivity contribution in [3.8, 4) is 10.7 Å². The maximum Gasteiger partial charge on any atom is 0.198 e. The van der Waals surface area contributed by atoms with E-state index in [-0.39, 0.29) is 0 Å². The van der Waals surface area contributed by atoms with Gasteiger partial charge in [0.15, 0.2) is 16.6 Å². The van der Waals surface area contributed by atoms with E-state index in [9.17, 15) is 0 Å². The van der Waals surface area contributed by atoms with Crippen molar-refractivity contribution in [1.82, 2.24) is 19.6 Å². The third-order valence-electron chi connectivity index (χ3n) is 3.25. The summed E-state index contributed by atoms with van der Waals surface area (Å²) in [6.45, 7) is 0. The van der Waals surface area contributed by atoms with Crippen molar-refractivity contribution in [3.05, 3.63) is 34.1 Å². The zero-order valence-corrected chi connectivity index (χ0v) is 11.0. The number of nitrogens with zero attached hydrogens (tertiary/aromatic N) is 4. The molecule has 1 aliphatic carbocycles. The van der Waals surface area contributed by atoms with Gasteiger partial charge in [-0.25, -0.2) is 4.98 Å². The van der Waals surface area contributed by atoms with E-state index < -0.39 is 0 Å². The number of hydrogen-bond acceptors (Lipinski definition) is 4. The average molecular weight is 277 g/mol. The summed E-state index contributed by atoms with van der Waals surface area (Å²) in [4.78, 5) is 6.66. The minimum atomic E-state index is 0.389.